The lowest BCUT2D eigenvalue weighted by Gasteiger charge is -2.28. The van der Waals surface area contributed by atoms with Gasteiger partial charge in [0.2, 0.25) is 0 Å². The zero-order valence-electron chi connectivity index (χ0n) is 12.3. The van der Waals surface area contributed by atoms with Crippen LogP contribution in [0.3, 0.4) is 0 Å². The van der Waals surface area contributed by atoms with Gasteiger partial charge >= 0.3 is 6.18 Å². The normalized spacial score (nSPS) is 14.8. The molecule has 21 heavy (non-hydrogen) atoms. The molecule has 0 heterocycles. The van der Waals surface area contributed by atoms with Crippen LogP contribution >= 0.6 is 0 Å². The second kappa shape index (κ2) is 5.19. The molecule has 0 aliphatic heterocycles. The Morgan fingerprint density at radius 2 is 1.38 bits per heavy atom. The van der Waals surface area contributed by atoms with Crippen LogP contribution in [0, 0.1) is 13.8 Å². The molecule has 112 valence electrons. The second-order valence-electron chi connectivity index (χ2n) is 5.60. The summed E-state index contributed by atoms with van der Waals surface area (Å²) in [7, 11) is 0. The number of hydrogen-bond acceptors (Lipinski definition) is 1. The summed E-state index contributed by atoms with van der Waals surface area (Å²) in [6.45, 7) is 5.73. The van der Waals surface area contributed by atoms with Gasteiger partial charge in [-0.05, 0) is 49.6 Å². The van der Waals surface area contributed by atoms with Crippen molar-refractivity contribution in [2.45, 2.75) is 32.5 Å². The molecule has 0 radical (unpaired) electrons. The van der Waals surface area contributed by atoms with E-state index in [9.17, 15) is 13.2 Å². The molecule has 0 aliphatic rings. The lowest BCUT2D eigenvalue weighted by molar-refractivity contribution is -0.137. The van der Waals surface area contributed by atoms with Gasteiger partial charge in [0.25, 0.3) is 0 Å². The minimum atomic E-state index is -4.33. The first-order chi connectivity index (χ1) is 9.62. The zero-order chi connectivity index (χ0) is 15.8. The van der Waals surface area contributed by atoms with Crippen LogP contribution in [0.25, 0.3) is 0 Å². The first kappa shape index (κ1) is 15.6. The van der Waals surface area contributed by atoms with Crippen molar-refractivity contribution in [2.24, 2.45) is 5.73 Å². The highest BCUT2D eigenvalue weighted by Crippen LogP contribution is 2.33. The number of rotatable bonds is 2. The quantitative estimate of drug-likeness (QED) is 0.864. The molecule has 2 aromatic carbocycles. The Labute approximate surface area is 122 Å². The molecule has 2 aromatic rings. The summed E-state index contributed by atoms with van der Waals surface area (Å²) >= 11 is 0. The van der Waals surface area contributed by atoms with Crippen LogP contribution in [0.1, 0.15) is 34.7 Å². The van der Waals surface area contributed by atoms with E-state index in [1.807, 2.05) is 39.0 Å². The highest BCUT2D eigenvalue weighted by atomic mass is 19.4. The van der Waals surface area contributed by atoms with E-state index in [-0.39, 0.29) is 0 Å². The minimum absolute atomic E-state index is 0.657. The Morgan fingerprint density at radius 3 is 1.90 bits per heavy atom. The Hall–Kier alpha value is -1.81. The van der Waals surface area contributed by atoms with Crippen LogP contribution in [0.5, 0.6) is 0 Å². The molecule has 4 heteroatoms. The molecule has 0 fully saturated rings. The third kappa shape index (κ3) is 3.10. The monoisotopic (exact) mass is 293 g/mol. The fraction of sp³-hybridized carbons (Fsp3) is 0.294. The smallest absolute Gasteiger partial charge is 0.318 e. The van der Waals surface area contributed by atoms with Gasteiger partial charge in [-0.1, -0.05) is 35.9 Å². The second-order valence-corrected chi connectivity index (χ2v) is 5.60. The average Bonchev–Trinajstić information content (AvgIpc) is 2.40. The summed E-state index contributed by atoms with van der Waals surface area (Å²) in [4.78, 5) is 0. The van der Waals surface area contributed by atoms with E-state index in [1.54, 1.807) is 0 Å². The predicted octanol–water partition coefficient (Wildman–Crippen LogP) is 4.54. The SMILES string of the molecule is Cc1ccc(C)c(C(C)(N)c2ccc(C(F)(F)F)cc2)c1. The molecule has 2 N–H and O–H groups in total. The largest absolute Gasteiger partial charge is 0.416 e. The van der Waals surface area contributed by atoms with Crippen molar-refractivity contribution in [1.29, 1.82) is 0 Å². The van der Waals surface area contributed by atoms with Crippen molar-refractivity contribution in [1.82, 2.24) is 0 Å². The Balaban J connectivity index is 2.46. The van der Waals surface area contributed by atoms with Crippen LogP contribution in [0.15, 0.2) is 42.5 Å². The molecule has 2 rings (SSSR count). The van der Waals surface area contributed by atoms with Crippen LogP contribution in [0.2, 0.25) is 0 Å². The van der Waals surface area contributed by atoms with Gasteiger partial charge in [0.1, 0.15) is 0 Å². The highest BCUT2D eigenvalue weighted by molar-refractivity contribution is 5.43. The number of benzene rings is 2. The van der Waals surface area contributed by atoms with E-state index in [4.69, 9.17) is 5.73 Å². The lowest BCUT2D eigenvalue weighted by atomic mass is 9.82. The van der Waals surface area contributed by atoms with Crippen molar-refractivity contribution in [3.05, 3.63) is 70.3 Å². The molecule has 1 nitrogen and oxygen atoms in total. The predicted molar refractivity (Wildman–Crippen MR) is 78.0 cm³/mol. The maximum atomic E-state index is 12.6. The summed E-state index contributed by atoms with van der Waals surface area (Å²) in [5.74, 6) is 0. The molecule has 0 aliphatic carbocycles. The molecular formula is C17H18F3N. The molecule has 0 bridgehead atoms. The molecule has 0 amide bonds. The summed E-state index contributed by atoms with van der Waals surface area (Å²) in [6, 6.07) is 11.0. The number of halogens is 3. The van der Waals surface area contributed by atoms with Crippen molar-refractivity contribution in [2.75, 3.05) is 0 Å². The number of aryl methyl sites for hydroxylation is 2. The molecule has 1 unspecified atom stereocenters. The van der Waals surface area contributed by atoms with Gasteiger partial charge in [-0.25, -0.2) is 0 Å². The number of nitrogens with two attached hydrogens (primary N) is 1. The van der Waals surface area contributed by atoms with E-state index >= 15 is 0 Å². The molecular weight excluding hydrogens is 275 g/mol. The average molecular weight is 293 g/mol. The number of hydrogen-bond donors (Lipinski definition) is 1. The van der Waals surface area contributed by atoms with Gasteiger partial charge in [-0.3, -0.25) is 0 Å². The van der Waals surface area contributed by atoms with Crippen LogP contribution < -0.4 is 5.73 Å². The van der Waals surface area contributed by atoms with E-state index in [0.717, 1.165) is 28.8 Å². The van der Waals surface area contributed by atoms with Gasteiger partial charge in [-0.15, -0.1) is 0 Å². The third-order valence-corrected chi connectivity index (χ3v) is 3.76. The molecule has 0 aromatic heterocycles. The maximum absolute atomic E-state index is 12.6. The van der Waals surface area contributed by atoms with Gasteiger partial charge in [0.05, 0.1) is 11.1 Å². The van der Waals surface area contributed by atoms with Gasteiger partial charge in [0.15, 0.2) is 0 Å². The first-order valence-electron chi connectivity index (χ1n) is 6.67. The van der Waals surface area contributed by atoms with Crippen molar-refractivity contribution in [3.63, 3.8) is 0 Å². The topological polar surface area (TPSA) is 26.0 Å². The zero-order valence-corrected chi connectivity index (χ0v) is 12.3. The summed E-state index contributed by atoms with van der Waals surface area (Å²) in [5, 5.41) is 0. The van der Waals surface area contributed by atoms with E-state index in [2.05, 4.69) is 0 Å². The van der Waals surface area contributed by atoms with Crippen LogP contribution in [0.4, 0.5) is 13.2 Å². The Morgan fingerprint density at radius 1 is 0.857 bits per heavy atom. The Bertz CT molecular complexity index is 640. The summed E-state index contributed by atoms with van der Waals surface area (Å²) < 4.78 is 37.9. The fourth-order valence-corrected chi connectivity index (χ4v) is 2.46. The standard InChI is InChI=1S/C17H18F3N/c1-11-4-5-12(2)15(10-11)16(3,21)13-6-8-14(9-7-13)17(18,19)20/h4-10H,21H2,1-3H3. The summed E-state index contributed by atoms with van der Waals surface area (Å²) in [6.07, 6.45) is -4.33. The van der Waals surface area contributed by atoms with Gasteiger partial charge in [0, 0.05) is 0 Å². The van der Waals surface area contributed by atoms with E-state index in [0.29, 0.717) is 5.56 Å². The van der Waals surface area contributed by atoms with Gasteiger partial charge < -0.3 is 5.73 Å². The highest BCUT2D eigenvalue weighted by Gasteiger charge is 2.31. The lowest BCUT2D eigenvalue weighted by Crippen LogP contribution is -2.35. The molecule has 1 atom stereocenters. The van der Waals surface area contributed by atoms with Crippen molar-refractivity contribution < 1.29 is 13.2 Å². The molecule has 0 spiro atoms. The first-order valence-corrected chi connectivity index (χ1v) is 6.67. The number of alkyl halides is 3. The third-order valence-electron chi connectivity index (χ3n) is 3.76. The fourth-order valence-electron chi connectivity index (χ4n) is 2.46. The maximum Gasteiger partial charge on any atom is 0.416 e. The molecule has 0 saturated heterocycles. The molecule has 0 saturated carbocycles. The van der Waals surface area contributed by atoms with Gasteiger partial charge in [-0.2, -0.15) is 13.2 Å². The summed E-state index contributed by atoms with van der Waals surface area (Å²) in [5.41, 5.74) is 8.57. The minimum Gasteiger partial charge on any atom is -0.318 e. The van der Waals surface area contributed by atoms with Crippen LogP contribution in [-0.4, -0.2) is 0 Å². The van der Waals surface area contributed by atoms with Crippen molar-refractivity contribution in [3.8, 4) is 0 Å². The van der Waals surface area contributed by atoms with E-state index < -0.39 is 17.3 Å². The van der Waals surface area contributed by atoms with Crippen molar-refractivity contribution >= 4 is 0 Å². The van der Waals surface area contributed by atoms with E-state index in [1.165, 1.54) is 12.1 Å². The Kier molecular flexibility index (Phi) is 3.85. The van der Waals surface area contributed by atoms with Crippen LogP contribution in [-0.2, 0) is 11.7 Å².